The Bertz CT molecular complexity index is 1110. The lowest BCUT2D eigenvalue weighted by molar-refractivity contribution is -0.870. The van der Waals surface area contributed by atoms with Crippen molar-refractivity contribution in [2.45, 2.75) is 26.2 Å². The highest BCUT2D eigenvalue weighted by Gasteiger charge is 2.33. The molecule has 1 unspecified atom stereocenters. The number of aliphatic hydroxyl groups is 1. The third-order valence-electron chi connectivity index (χ3n) is 4.85. The number of aryl methyl sites for hydroxylation is 1. The predicted octanol–water partition coefficient (Wildman–Crippen LogP) is 3.32. The van der Waals surface area contributed by atoms with E-state index in [0.29, 0.717) is 5.56 Å². The van der Waals surface area contributed by atoms with Gasteiger partial charge >= 0.3 is 0 Å². The molecule has 0 radical (unpaired) electrons. The van der Waals surface area contributed by atoms with Crippen molar-refractivity contribution in [2.75, 3.05) is 34.3 Å². The number of allylic oxidation sites excluding steroid dienone is 3. The molecule has 1 atom stereocenters. The molecular weight excluding hydrogens is 402 g/mol. The number of halogens is 2. The van der Waals surface area contributed by atoms with Gasteiger partial charge in [0.1, 0.15) is 12.3 Å². The minimum absolute atomic E-state index is 0.187. The van der Waals surface area contributed by atoms with E-state index in [-0.39, 0.29) is 23.5 Å². The van der Waals surface area contributed by atoms with Crippen molar-refractivity contribution in [3.8, 4) is 6.07 Å². The molecule has 2 aromatic rings. The minimum atomic E-state index is -2.88. The van der Waals surface area contributed by atoms with Gasteiger partial charge < -0.3 is 15.0 Å². The molecule has 1 aromatic carbocycles. The van der Waals surface area contributed by atoms with Crippen LogP contribution in [0.4, 0.5) is 8.78 Å². The summed E-state index contributed by atoms with van der Waals surface area (Å²) in [5.41, 5.74) is 1.80. The van der Waals surface area contributed by atoms with Gasteiger partial charge in [-0.1, -0.05) is 6.07 Å². The summed E-state index contributed by atoms with van der Waals surface area (Å²) in [5.74, 6) is 0.975. The Labute approximate surface area is 180 Å². The first-order valence-electron chi connectivity index (χ1n) is 9.64. The Kier molecular flexibility index (Phi) is 7.58. The van der Waals surface area contributed by atoms with Crippen LogP contribution in [0.3, 0.4) is 0 Å². The zero-order valence-corrected chi connectivity index (χ0v) is 18.2. The summed E-state index contributed by atoms with van der Waals surface area (Å²) in [7, 11) is 6.16. The summed E-state index contributed by atoms with van der Waals surface area (Å²) in [6.45, 7) is 4.46. The number of rotatable bonds is 4. The third kappa shape index (κ3) is 5.50. The number of hydrogen-bond donors (Lipinski definition) is 2. The number of H-pyrrole nitrogens is 1. The molecule has 0 amide bonds. The standard InChI is InChI=1S/C17H12F2N5.C5H14NO/c1-8-12(6-20)15(13(7-21)16(22-8)17(18)19)10-3-4-14-11(5-10)9(2)23-24-14;1-6(2,3)4-5-7/h3-5,15,17H,1-2H3,(H,23,24);7H,4-5H2,1-3H3/q-1;+1. The fraction of sp³-hybridized carbons (Fsp3) is 0.409. The van der Waals surface area contributed by atoms with Gasteiger partial charge in [-0.05, 0) is 31.5 Å². The van der Waals surface area contributed by atoms with E-state index in [2.05, 4.69) is 36.3 Å². The minimum Gasteiger partial charge on any atom is -0.763 e. The van der Waals surface area contributed by atoms with E-state index in [1.54, 1.807) is 18.2 Å². The normalized spacial score (nSPS) is 16.6. The summed E-state index contributed by atoms with van der Waals surface area (Å²) in [4.78, 5) is 3.78. The number of nitriles is 1. The predicted molar refractivity (Wildman–Crippen MR) is 117 cm³/mol. The summed E-state index contributed by atoms with van der Waals surface area (Å²) in [5, 5.41) is 35.1. The van der Waals surface area contributed by atoms with Gasteiger partial charge in [-0.15, -0.1) is 0 Å². The van der Waals surface area contributed by atoms with Crippen LogP contribution in [0, 0.1) is 18.3 Å². The van der Waals surface area contributed by atoms with Crippen LogP contribution in [0.15, 0.2) is 40.0 Å². The zero-order valence-electron chi connectivity index (χ0n) is 18.2. The molecule has 2 heterocycles. The second-order valence-electron chi connectivity index (χ2n) is 8.23. The van der Waals surface area contributed by atoms with Gasteiger partial charge in [-0.2, -0.15) is 10.4 Å². The lowest BCUT2D eigenvalue weighted by Crippen LogP contribution is -2.36. The van der Waals surface area contributed by atoms with Crippen LogP contribution >= 0.6 is 0 Å². The maximum Gasteiger partial charge on any atom is 0.281 e. The van der Waals surface area contributed by atoms with E-state index in [1.807, 2.05) is 18.9 Å². The number of hydrogen-bond acceptors (Lipinski definition) is 4. The first kappa shape index (κ1) is 24.1. The van der Waals surface area contributed by atoms with Crippen molar-refractivity contribution in [2.24, 2.45) is 4.99 Å². The van der Waals surface area contributed by atoms with Crippen LogP contribution in [0.2, 0.25) is 0 Å². The van der Waals surface area contributed by atoms with E-state index in [9.17, 15) is 19.5 Å². The van der Waals surface area contributed by atoms with Crippen LogP contribution in [0.1, 0.15) is 24.1 Å². The van der Waals surface area contributed by atoms with Crippen molar-refractivity contribution in [3.63, 3.8) is 0 Å². The highest BCUT2D eigenvalue weighted by atomic mass is 19.3. The van der Waals surface area contributed by atoms with Crippen LogP contribution in [0.5, 0.6) is 0 Å². The summed E-state index contributed by atoms with van der Waals surface area (Å²) in [6, 6.07) is 7.22. The molecule has 0 saturated heterocycles. The first-order chi connectivity index (χ1) is 14.5. The van der Waals surface area contributed by atoms with Crippen molar-refractivity contribution in [3.05, 3.63) is 51.7 Å². The van der Waals surface area contributed by atoms with Crippen molar-refractivity contribution in [1.82, 2.24) is 10.2 Å². The first-order valence-corrected chi connectivity index (χ1v) is 9.64. The van der Waals surface area contributed by atoms with Crippen molar-refractivity contribution >= 4 is 22.5 Å². The number of likely N-dealkylation sites (N-methyl/N-ethyl adjacent to an activating group) is 1. The topological polar surface area (TPSA) is 107 Å². The molecule has 1 aliphatic rings. The Morgan fingerprint density at radius 3 is 2.45 bits per heavy atom. The number of benzene rings is 1. The number of fused-ring (bicyclic) bond motifs is 1. The largest absolute Gasteiger partial charge is 0.763 e. The SMILES string of the molecule is CC1=C(C#N)C(c2ccc3n[nH]c(C)c3c2)C(=C=[N-])C(C(F)F)=N1.C[N+](C)(C)CCO. The molecule has 0 bridgehead atoms. The lowest BCUT2D eigenvalue weighted by atomic mass is 9.80. The van der Waals surface area contributed by atoms with Crippen LogP contribution in [0.25, 0.3) is 16.3 Å². The monoisotopic (exact) mass is 428 g/mol. The number of nitrogens with zero attached hydrogens (tertiary/aromatic N) is 5. The molecule has 1 aromatic heterocycles. The van der Waals surface area contributed by atoms with Gasteiger partial charge in [0.25, 0.3) is 6.43 Å². The van der Waals surface area contributed by atoms with E-state index in [4.69, 9.17) is 5.11 Å². The Morgan fingerprint density at radius 2 is 1.97 bits per heavy atom. The molecule has 31 heavy (non-hydrogen) atoms. The lowest BCUT2D eigenvalue weighted by Gasteiger charge is -2.26. The van der Waals surface area contributed by atoms with Crippen LogP contribution in [-0.2, 0) is 0 Å². The van der Waals surface area contributed by atoms with E-state index in [0.717, 1.165) is 27.6 Å². The van der Waals surface area contributed by atoms with Gasteiger partial charge in [0, 0.05) is 16.7 Å². The fourth-order valence-corrected chi connectivity index (χ4v) is 3.20. The molecular formula is C22H26F2N6O. The summed E-state index contributed by atoms with van der Waals surface area (Å²) >= 11 is 0. The molecule has 1 aliphatic heterocycles. The number of quaternary nitrogens is 1. The molecule has 2 N–H and O–H groups in total. The highest BCUT2D eigenvalue weighted by Crippen LogP contribution is 2.39. The third-order valence-corrected chi connectivity index (χ3v) is 4.85. The van der Waals surface area contributed by atoms with Gasteiger partial charge in [0.2, 0.25) is 0 Å². The Morgan fingerprint density at radius 1 is 1.29 bits per heavy atom. The molecule has 0 saturated carbocycles. The smallest absolute Gasteiger partial charge is 0.281 e. The molecule has 0 fully saturated rings. The second-order valence-corrected chi connectivity index (χ2v) is 8.23. The van der Waals surface area contributed by atoms with Crippen LogP contribution in [-0.4, -0.2) is 72.1 Å². The number of nitrogens with one attached hydrogen (secondary N) is 1. The molecule has 0 spiro atoms. The second kappa shape index (κ2) is 9.75. The highest BCUT2D eigenvalue weighted by molar-refractivity contribution is 6.12. The maximum absolute atomic E-state index is 13.3. The number of aromatic amines is 1. The van der Waals surface area contributed by atoms with Gasteiger partial charge in [0.05, 0.1) is 56.5 Å². The number of alkyl halides is 2. The van der Waals surface area contributed by atoms with Gasteiger partial charge in [-0.3, -0.25) is 16.0 Å². The molecule has 164 valence electrons. The molecule has 0 aliphatic carbocycles. The van der Waals surface area contributed by atoms with Crippen LogP contribution < -0.4 is 0 Å². The molecule has 3 rings (SSSR count). The van der Waals surface area contributed by atoms with E-state index in [1.165, 1.54) is 6.92 Å². The average molecular weight is 428 g/mol. The Hall–Kier alpha value is -3.18. The van der Waals surface area contributed by atoms with Crippen molar-refractivity contribution in [1.29, 1.82) is 5.26 Å². The van der Waals surface area contributed by atoms with Gasteiger partial charge in [0.15, 0.2) is 0 Å². The Balaban J connectivity index is 0.000000423. The number of aromatic nitrogens is 2. The molecule has 9 heteroatoms. The average Bonchev–Trinajstić information content (AvgIpc) is 3.06. The van der Waals surface area contributed by atoms with E-state index >= 15 is 0 Å². The summed E-state index contributed by atoms with van der Waals surface area (Å²) < 4.78 is 27.4. The summed E-state index contributed by atoms with van der Waals surface area (Å²) in [6.07, 6.45) is -2.88. The number of aliphatic hydroxyl groups excluding tert-OH is 1. The zero-order chi connectivity index (χ0) is 23.3. The fourth-order valence-electron chi connectivity index (χ4n) is 3.20. The van der Waals surface area contributed by atoms with Crippen molar-refractivity contribution < 1.29 is 18.4 Å². The molecule has 7 nitrogen and oxygen atoms in total. The quantitative estimate of drug-likeness (QED) is 0.576. The van der Waals surface area contributed by atoms with Gasteiger partial charge in [-0.25, -0.2) is 8.78 Å². The van der Waals surface area contributed by atoms with E-state index < -0.39 is 18.1 Å². The maximum atomic E-state index is 13.3. The number of aliphatic imine (C=N–C) groups is 1.